The highest BCUT2D eigenvalue weighted by atomic mass is 16.7. The van der Waals surface area contributed by atoms with Crippen LogP contribution in [0.3, 0.4) is 0 Å². The summed E-state index contributed by atoms with van der Waals surface area (Å²) in [7, 11) is 5.90. The van der Waals surface area contributed by atoms with E-state index in [0.29, 0.717) is 17.4 Å². The molecule has 2 unspecified atom stereocenters. The third-order valence-electron chi connectivity index (χ3n) is 9.10. The van der Waals surface area contributed by atoms with Crippen molar-refractivity contribution in [1.82, 2.24) is 0 Å². The Labute approximate surface area is 307 Å². The zero-order valence-electron chi connectivity index (χ0n) is 33.3. The molecule has 0 bridgehead atoms. The van der Waals surface area contributed by atoms with Crippen molar-refractivity contribution in [1.29, 1.82) is 0 Å². The van der Waals surface area contributed by atoms with E-state index in [2.05, 4.69) is 13.8 Å². The second-order valence-electron chi connectivity index (χ2n) is 15.3. The number of hydrogen-bond acceptors (Lipinski definition) is 8. The molecule has 0 fully saturated rings. The lowest BCUT2D eigenvalue weighted by Gasteiger charge is -2.26. The summed E-state index contributed by atoms with van der Waals surface area (Å²) in [5.41, 5.74) is 0. The Balaban J connectivity index is 4.28. The van der Waals surface area contributed by atoms with Gasteiger partial charge in [-0.05, 0) is 12.8 Å². The maximum atomic E-state index is 12.7. The number of carbonyl (C=O) groups is 3. The van der Waals surface area contributed by atoms with Gasteiger partial charge in [-0.3, -0.25) is 9.59 Å². The highest BCUT2D eigenvalue weighted by Gasteiger charge is 2.21. The van der Waals surface area contributed by atoms with Crippen LogP contribution in [0, 0.1) is 0 Å². The molecule has 9 heteroatoms. The standard InChI is InChI=1S/C41H79NO8/c1-6-8-10-12-14-15-16-17-18-19-20-21-22-23-24-25-26-28-30-32-39(44)50-37(35-48-38(43)31-29-27-13-11-9-7-2)36-49-41(40(45)46)47-34-33-42(3,4)5/h37,41H,6-36H2,1-5H3. The fourth-order valence-corrected chi connectivity index (χ4v) is 5.83. The minimum absolute atomic E-state index is 0.152. The number of ether oxygens (including phenoxy) is 4. The molecule has 0 saturated carbocycles. The van der Waals surface area contributed by atoms with E-state index in [0.717, 1.165) is 44.9 Å². The van der Waals surface area contributed by atoms with Crippen LogP contribution in [0.15, 0.2) is 0 Å². The Morgan fingerprint density at radius 3 is 1.28 bits per heavy atom. The minimum atomic E-state index is -1.61. The molecule has 296 valence electrons. The number of quaternary nitrogens is 1. The van der Waals surface area contributed by atoms with Crippen molar-refractivity contribution < 1.29 is 42.9 Å². The van der Waals surface area contributed by atoms with Crippen LogP contribution in [0.25, 0.3) is 0 Å². The SMILES string of the molecule is CCCCCCCCCCCCCCCCCCCCCC(=O)OC(COC(=O)CCCCCCCC)COC(OCC[N+](C)(C)C)C(=O)[O-]. The summed E-state index contributed by atoms with van der Waals surface area (Å²) in [5.74, 6) is -2.28. The Morgan fingerprint density at radius 1 is 0.520 bits per heavy atom. The Morgan fingerprint density at radius 2 is 0.900 bits per heavy atom. The van der Waals surface area contributed by atoms with Crippen LogP contribution in [0.1, 0.15) is 187 Å². The van der Waals surface area contributed by atoms with Crippen LogP contribution >= 0.6 is 0 Å². The molecule has 2 atom stereocenters. The lowest BCUT2D eigenvalue weighted by Crippen LogP contribution is -2.44. The molecule has 0 aliphatic carbocycles. The number of nitrogens with zero attached hydrogens (tertiary/aromatic N) is 1. The molecule has 0 aliphatic heterocycles. The molecule has 0 aromatic carbocycles. The van der Waals surface area contributed by atoms with Gasteiger partial charge >= 0.3 is 11.9 Å². The Kier molecular flexibility index (Phi) is 33.2. The first-order chi connectivity index (χ1) is 24.1. The summed E-state index contributed by atoms with van der Waals surface area (Å²) < 4.78 is 22.4. The smallest absolute Gasteiger partial charge is 0.306 e. The first-order valence-electron chi connectivity index (χ1n) is 20.7. The largest absolute Gasteiger partial charge is 0.545 e. The van der Waals surface area contributed by atoms with Crippen LogP contribution in [0.2, 0.25) is 0 Å². The summed E-state index contributed by atoms with van der Waals surface area (Å²) in [6.07, 6.45) is 28.8. The van der Waals surface area contributed by atoms with Crippen molar-refractivity contribution in [3.8, 4) is 0 Å². The summed E-state index contributed by atoms with van der Waals surface area (Å²) in [6.45, 7) is 4.69. The Hall–Kier alpha value is -1.71. The van der Waals surface area contributed by atoms with Crippen LogP contribution < -0.4 is 5.11 Å². The molecule has 0 spiro atoms. The van der Waals surface area contributed by atoms with Crippen molar-refractivity contribution in [2.45, 2.75) is 200 Å². The van der Waals surface area contributed by atoms with E-state index >= 15 is 0 Å². The summed E-state index contributed by atoms with van der Waals surface area (Å²) in [4.78, 5) is 36.6. The van der Waals surface area contributed by atoms with Gasteiger partial charge in [0.1, 0.15) is 13.2 Å². The molecule has 0 aromatic rings. The van der Waals surface area contributed by atoms with Gasteiger partial charge in [0, 0.05) is 12.8 Å². The van der Waals surface area contributed by atoms with Gasteiger partial charge in [0.2, 0.25) is 0 Å². The molecule has 50 heavy (non-hydrogen) atoms. The molecular weight excluding hydrogens is 634 g/mol. The normalized spacial score (nSPS) is 12.9. The maximum absolute atomic E-state index is 12.7. The summed E-state index contributed by atoms with van der Waals surface area (Å²) in [5, 5.41) is 11.6. The molecule has 0 N–H and O–H groups in total. The molecule has 0 aromatic heterocycles. The number of hydrogen-bond donors (Lipinski definition) is 0. The first kappa shape index (κ1) is 48.3. The zero-order valence-corrected chi connectivity index (χ0v) is 33.3. The van der Waals surface area contributed by atoms with Gasteiger partial charge < -0.3 is 33.3 Å². The zero-order chi connectivity index (χ0) is 37.1. The third-order valence-corrected chi connectivity index (χ3v) is 9.10. The van der Waals surface area contributed by atoms with Crippen LogP contribution in [-0.2, 0) is 33.3 Å². The number of likely N-dealkylation sites (N-methyl/N-ethyl adjacent to an activating group) is 1. The van der Waals surface area contributed by atoms with Crippen LogP contribution in [0.5, 0.6) is 0 Å². The van der Waals surface area contributed by atoms with Crippen molar-refractivity contribution in [3.63, 3.8) is 0 Å². The van der Waals surface area contributed by atoms with E-state index in [9.17, 15) is 19.5 Å². The van der Waals surface area contributed by atoms with Crippen molar-refractivity contribution in [2.75, 3.05) is 47.5 Å². The van der Waals surface area contributed by atoms with E-state index in [-0.39, 0.29) is 32.2 Å². The average molecular weight is 714 g/mol. The maximum Gasteiger partial charge on any atom is 0.306 e. The van der Waals surface area contributed by atoms with Crippen LogP contribution in [-0.4, -0.2) is 82.3 Å². The van der Waals surface area contributed by atoms with Crippen molar-refractivity contribution in [3.05, 3.63) is 0 Å². The van der Waals surface area contributed by atoms with Gasteiger partial charge in [-0.15, -0.1) is 0 Å². The highest BCUT2D eigenvalue weighted by molar-refractivity contribution is 5.70. The number of rotatable bonds is 38. The van der Waals surface area contributed by atoms with E-state index in [4.69, 9.17) is 18.9 Å². The van der Waals surface area contributed by atoms with Gasteiger partial charge in [0.25, 0.3) is 0 Å². The minimum Gasteiger partial charge on any atom is -0.545 e. The second-order valence-corrected chi connectivity index (χ2v) is 15.3. The first-order valence-corrected chi connectivity index (χ1v) is 20.7. The predicted octanol–water partition coefficient (Wildman–Crippen LogP) is 8.83. The number of unbranched alkanes of at least 4 members (excludes halogenated alkanes) is 23. The lowest BCUT2D eigenvalue weighted by molar-refractivity contribution is -0.870. The quantitative estimate of drug-likeness (QED) is 0.0270. The van der Waals surface area contributed by atoms with Gasteiger partial charge in [0.05, 0.1) is 40.3 Å². The van der Waals surface area contributed by atoms with Crippen molar-refractivity contribution in [2.24, 2.45) is 0 Å². The summed E-state index contributed by atoms with van der Waals surface area (Å²) in [6, 6.07) is 0. The molecule has 9 nitrogen and oxygen atoms in total. The number of carboxylic acids is 1. The fraction of sp³-hybridized carbons (Fsp3) is 0.927. The lowest BCUT2D eigenvalue weighted by atomic mass is 10.0. The topological polar surface area (TPSA) is 111 Å². The molecule has 0 saturated heterocycles. The van der Waals surface area contributed by atoms with Gasteiger partial charge in [0.15, 0.2) is 12.4 Å². The molecule has 0 amide bonds. The molecule has 0 heterocycles. The summed E-state index contributed by atoms with van der Waals surface area (Å²) >= 11 is 0. The number of carbonyl (C=O) groups excluding carboxylic acids is 3. The number of carboxylic acid groups (broad SMARTS) is 1. The molecular formula is C41H79NO8. The van der Waals surface area contributed by atoms with Gasteiger partial charge in [-0.25, -0.2) is 0 Å². The number of esters is 2. The van der Waals surface area contributed by atoms with E-state index < -0.39 is 24.3 Å². The molecule has 0 rings (SSSR count). The van der Waals surface area contributed by atoms with Crippen molar-refractivity contribution >= 4 is 17.9 Å². The highest BCUT2D eigenvalue weighted by Crippen LogP contribution is 2.15. The predicted molar refractivity (Wildman–Crippen MR) is 200 cm³/mol. The van der Waals surface area contributed by atoms with Gasteiger partial charge in [-0.1, -0.05) is 162 Å². The third kappa shape index (κ3) is 34.7. The second kappa shape index (κ2) is 34.4. The average Bonchev–Trinajstić information content (AvgIpc) is 3.06. The van der Waals surface area contributed by atoms with Gasteiger partial charge in [-0.2, -0.15) is 0 Å². The Bertz CT molecular complexity index is 800. The number of aliphatic carboxylic acids is 1. The molecule has 0 aliphatic rings. The van der Waals surface area contributed by atoms with E-state index in [1.54, 1.807) is 0 Å². The van der Waals surface area contributed by atoms with Crippen LogP contribution in [0.4, 0.5) is 0 Å². The molecule has 0 radical (unpaired) electrons. The van der Waals surface area contributed by atoms with E-state index in [1.165, 1.54) is 116 Å². The van der Waals surface area contributed by atoms with E-state index in [1.807, 2.05) is 21.1 Å². The monoisotopic (exact) mass is 714 g/mol. The fourth-order valence-electron chi connectivity index (χ4n) is 5.83.